The van der Waals surface area contributed by atoms with Gasteiger partial charge in [0.2, 0.25) is 11.6 Å². The Bertz CT molecular complexity index is 1480. The molecule has 0 spiro atoms. The third-order valence-corrected chi connectivity index (χ3v) is 5.79. The van der Waals surface area contributed by atoms with Crippen LogP contribution in [0.5, 0.6) is 11.5 Å². The van der Waals surface area contributed by atoms with Gasteiger partial charge in [-0.1, -0.05) is 49.1 Å². The maximum atomic E-state index is 14.8. The molecule has 4 aromatic carbocycles. The van der Waals surface area contributed by atoms with Gasteiger partial charge in [-0.25, -0.2) is 13.6 Å². The molecule has 0 aliphatic carbocycles. The van der Waals surface area contributed by atoms with Crippen LogP contribution in [0.15, 0.2) is 85.5 Å². The lowest BCUT2D eigenvalue weighted by molar-refractivity contribution is 0.0726. The summed E-state index contributed by atoms with van der Waals surface area (Å²) in [4.78, 5) is 12.6. The van der Waals surface area contributed by atoms with E-state index < -0.39 is 41.1 Å². The van der Waals surface area contributed by atoms with Crippen LogP contribution in [0.1, 0.15) is 28.9 Å². The molecule has 1 N–H and O–H groups in total. The van der Waals surface area contributed by atoms with Crippen LogP contribution in [0.4, 0.5) is 17.6 Å². The smallest absolute Gasteiger partial charge is 0.343 e. The van der Waals surface area contributed by atoms with Crippen molar-refractivity contribution >= 4 is 5.97 Å². The molecule has 0 saturated carbocycles. The summed E-state index contributed by atoms with van der Waals surface area (Å²) in [6.07, 6.45) is 0.694. The Labute approximate surface area is 216 Å². The lowest BCUT2D eigenvalue weighted by Gasteiger charge is -2.11. The van der Waals surface area contributed by atoms with Crippen LogP contribution in [0.25, 0.3) is 22.3 Å². The first-order valence-electron chi connectivity index (χ1n) is 11.5. The summed E-state index contributed by atoms with van der Waals surface area (Å²) >= 11 is 0. The first kappa shape index (κ1) is 26.6. The standard InChI is InChI=1S/C30H22F4O4/c1-3-16-37-24-14-12-22(26(31)28(24)33)20-8-10-21(11-9-20)30(36)38-25-15-13-23(27(32)29(25)34)19-6-4-18(5-7-19)17(2)35/h3-15,17,35H,1,16H2,2H3. The number of esters is 1. The van der Waals surface area contributed by atoms with E-state index in [0.29, 0.717) is 11.1 Å². The molecule has 1 atom stereocenters. The molecule has 0 amide bonds. The van der Waals surface area contributed by atoms with Gasteiger partial charge < -0.3 is 14.6 Å². The second-order valence-electron chi connectivity index (χ2n) is 8.34. The highest BCUT2D eigenvalue weighted by Gasteiger charge is 2.20. The summed E-state index contributed by atoms with van der Waals surface area (Å²) < 4.78 is 68.5. The minimum atomic E-state index is -1.34. The number of aliphatic hydroxyl groups excluding tert-OH is 1. The fraction of sp³-hybridized carbons (Fsp3) is 0.100. The number of ether oxygens (including phenoxy) is 2. The molecule has 0 aliphatic heterocycles. The number of hydrogen-bond acceptors (Lipinski definition) is 4. The summed E-state index contributed by atoms with van der Waals surface area (Å²) in [5, 5.41) is 9.61. The van der Waals surface area contributed by atoms with Crippen molar-refractivity contribution in [3.05, 3.63) is 120 Å². The van der Waals surface area contributed by atoms with Crippen LogP contribution < -0.4 is 9.47 Å². The molecule has 194 valence electrons. The minimum Gasteiger partial charge on any atom is -0.486 e. The van der Waals surface area contributed by atoms with Gasteiger partial charge in [0.05, 0.1) is 11.7 Å². The van der Waals surface area contributed by atoms with Gasteiger partial charge in [-0.05, 0) is 60.0 Å². The molecule has 0 aromatic heterocycles. The van der Waals surface area contributed by atoms with E-state index in [1.807, 2.05) is 0 Å². The van der Waals surface area contributed by atoms with Gasteiger partial charge in [-0.2, -0.15) is 8.78 Å². The highest BCUT2D eigenvalue weighted by molar-refractivity contribution is 5.91. The molecule has 0 heterocycles. The van der Waals surface area contributed by atoms with Crippen molar-refractivity contribution in [2.45, 2.75) is 13.0 Å². The van der Waals surface area contributed by atoms with Crippen molar-refractivity contribution in [3.8, 4) is 33.8 Å². The number of rotatable bonds is 8. The van der Waals surface area contributed by atoms with Crippen molar-refractivity contribution in [1.82, 2.24) is 0 Å². The fourth-order valence-corrected chi connectivity index (χ4v) is 3.73. The van der Waals surface area contributed by atoms with Crippen LogP contribution in [0.3, 0.4) is 0 Å². The van der Waals surface area contributed by atoms with Gasteiger partial charge in [0.25, 0.3) is 0 Å². The van der Waals surface area contributed by atoms with E-state index in [9.17, 15) is 27.5 Å². The van der Waals surface area contributed by atoms with Crippen LogP contribution in [0.2, 0.25) is 0 Å². The van der Waals surface area contributed by atoms with Gasteiger partial charge in [0.1, 0.15) is 6.61 Å². The lowest BCUT2D eigenvalue weighted by atomic mass is 10.0. The lowest BCUT2D eigenvalue weighted by Crippen LogP contribution is -2.10. The largest absolute Gasteiger partial charge is 0.486 e. The van der Waals surface area contributed by atoms with Gasteiger partial charge in [0.15, 0.2) is 23.1 Å². The predicted molar refractivity (Wildman–Crippen MR) is 135 cm³/mol. The number of halogens is 4. The molecule has 38 heavy (non-hydrogen) atoms. The number of carbonyl (C=O) groups is 1. The fourth-order valence-electron chi connectivity index (χ4n) is 3.73. The number of carbonyl (C=O) groups excluding carboxylic acids is 1. The minimum absolute atomic E-state index is 0.0107. The number of benzene rings is 4. The SMILES string of the molecule is C=CCOc1ccc(-c2ccc(C(=O)Oc3ccc(-c4ccc(C(C)O)cc4)c(F)c3F)cc2)c(F)c1F. The van der Waals surface area contributed by atoms with Gasteiger partial charge >= 0.3 is 5.97 Å². The van der Waals surface area contributed by atoms with Crippen LogP contribution in [-0.2, 0) is 0 Å². The second-order valence-corrected chi connectivity index (χ2v) is 8.34. The van der Waals surface area contributed by atoms with E-state index >= 15 is 0 Å². The highest BCUT2D eigenvalue weighted by Crippen LogP contribution is 2.32. The third kappa shape index (κ3) is 5.45. The van der Waals surface area contributed by atoms with E-state index in [0.717, 1.165) is 6.07 Å². The Hall–Kier alpha value is -4.43. The van der Waals surface area contributed by atoms with E-state index in [-0.39, 0.29) is 34.6 Å². The van der Waals surface area contributed by atoms with Crippen molar-refractivity contribution in [1.29, 1.82) is 0 Å². The Morgan fingerprint density at radius 2 is 1.29 bits per heavy atom. The first-order valence-corrected chi connectivity index (χ1v) is 11.5. The summed E-state index contributed by atoms with van der Waals surface area (Å²) in [5.41, 5.74) is 1.16. The number of hydrogen-bond donors (Lipinski definition) is 1. The second kappa shape index (κ2) is 11.3. The zero-order chi connectivity index (χ0) is 27.4. The molecular formula is C30H22F4O4. The molecule has 0 bridgehead atoms. The molecule has 0 saturated heterocycles. The predicted octanol–water partition coefficient (Wildman–Crippen LogP) is 7.41. The number of aliphatic hydroxyl groups is 1. The van der Waals surface area contributed by atoms with Crippen molar-refractivity contribution in [2.24, 2.45) is 0 Å². The zero-order valence-corrected chi connectivity index (χ0v) is 20.2. The maximum Gasteiger partial charge on any atom is 0.343 e. The average molecular weight is 522 g/mol. The van der Waals surface area contributed by atoms with Crippen molar-refractivity contribution in [2.75, 3.05) is 6.61 Å². The van der Waals surface area contributed by atoms with E-state index in [4.69, 9.17) is 9.47 Å². The Kier molecular flexibility index (Phi) is 7.93. The van der Waals surface area contributed by atoms with Gasteiger partial charge in [-0.15, -0.1) is 0 Å². The molecule has 0 aliphatic rings. The zero-order valence-electron chi connectivity index (χ0n) is 20.2. The normalized spacial score (nSPS) is 11.6. The maximum absolute atomic E-state index is 14.8. The summed E-state index contributed by atoms with van der Waals surface area (Å²) in [6, 6.07) is 16.6. The third-order valence-electron chi connectivity index (χ3n) is 5.79. The first-order chi connectivity index (χ1) is 18.2. The molecule has 4 nitrogen and oxygen atoms in total. The van der Waals surface area contributed by atoms with Crippen LogP contribution >= 0.6 is 0 Å². The molecule has 4 aromatic rings. The Morgan fingerprint density at radius 3 is 1.82 bits per heavy atom. The summed E-state index contributed by atoms with van der Waals surface area (Å²) in [6.45, 7) is 5.05. The molecule has 0 radical (unpaired) electrons. The Morgan fingerprint density at radius 1 is 0.789 bits per heavy atom. The topological polar surface area (TPSA) is 55.8 Å². The van der Waals surface area contributed by atoms with Gasteiger partial charge in [-0.3, -0.25) is 0 Å². The molecular weight excluding hydrogens is 500 g/mol. The molecule has 4 rings (SSSR count). The van der Waals surface area contributed by atoms with E-state index in [2.05, 4.69) is 6.58 Å². The monoisotopic (exact) mass is 522 g/mol. The quantitative estimate of drug-likeness (QED) is 0.113. The molecule has 8 heteroatoms. The summed E-state index contributed by atoms with van der Waals surface area (Å²) in [7, 11) is 0. The Balaban J connectivity index is 1.51. The average Bonchev–Trinajstić information content (AvgIpc) is 2.92. The van der Waals surface area contributed by atoms with Crippen molar-refractivity contribution in [3.63, 3.8) is 0 Å². The van der Waals surface area contributed by atoms with E-state index in [1.165, 1.54) is 48.5 Å². The summed E-state index contributed by atoms with van der Waals surface area (Å²) in [5.74, 6) is -6.67. The van der Waals surface area contributed by atoms with Crippen LogP contribution in [-0.4, -0.2) is 17.7 Å². The van der Waals surface area contributed by atoms with Gasteiger partial charge in [0, 0.05) is 11.1 Å². The van der Waals surface area contributed by atoms with Crippen molar-refractivity contribution < 1.29 is 36.9 Å². The van der Waals surface area contributed by atoms with E-state index in [1.54, 1.807) is 31.2 Å². The molecule has 1 unspecified atom stereocenters. The highest BCUT2D eigenvalue weighted by atomic mass is 19.2. The molecule has 0 fully saturated rings. The van der Waals surface area contributed by atoms with Crippen LogP contribution in [0, 0.1) is 23.3 Å².